The molecule has 1 atom stereocenters. The van der Waals surface area contributed by atoms with Crippen LogP contribution in [0.15, 0.2) is 82.3 Å². The summed E-state index contributed by atoms with van der Waals surface area (Å²) in [7, 11) is -2.76. The van der Waals surface area contributed by atoms with E-state index in [-0.39, 0.29) is 17.0 Å². The number of anilines is 2. The molecule has 3 N–H and O–H groups in total. The first-order valence-corrected chi connectivity index (χ1v) is 16.5. The molecule has 2 amide bonds. The molecule has 0 spiro atoms. The lowest BCUT2D eigenvalue weighted by atomic mass is 10.1. The zero-order valence-corrected chi connectivity index (χ0v) is 28.3. The molecule has 0 unspecified atom stereocenters. The van der Waals surface area contributed by atoms with Crippen molar-refractivity contribution in [3.05, 3.63) is 88.5 Å². The first kappa shape index (κ1) is 37.0. The monoisotopic (exact) mass is 637 g/mol. The van der Waals surface area contributed by atoms with E-state index >= 15 is 0 Å². The molecule has 2 rings (SSSR count). The van der Waals surface area contributed by atoms with Crippen LogP contribution in [0.25, 0.3) is 0 Å². The number of amides is 2. The smallest absolute Gasteiger partial charge is 0.328 e. The number of sulfonamides is 1. The van der Waals surface area contributed by atoms with Crippen molar-refractivity contribution in [2.24, 2.45) is 0 Å². The molecule has 45 heavy (non-hydrogen) atoms. The van der Waals surface area contributed by atoms with Gasteiger partial charge in [-0.15, -0.1) is 0 Å². The number of carbonyl (C=O) groups excluding carboxylic acids is 3. The number of aryl methyl sites for hydroxylation is 1. The number of allylic oxidation sites excluding steroid dienone is 5. The maximum absolute atomic E-state index is 13.0. The number of ether oxygens (including phenoxy) is 1. The summed E-state index contributed by atoms with van der Waals surface area (Å²) < 4.78 is 33.5. The second kappa shape index (κ2) is 17.9. The summed E-state index contributed by atoms with van der Waals surface area (Å²) in [6.45, 7) is 12.0. The van der Waals surface area contributed by atoms with Gasteiger partial charge in [0.15, 0.2) is 0 Å². The van der Waals surface area contributed by atoms with Crippen LogP contribution < -0.4 is 15.4 Å². The zero-order valence-electron chi connectivity index (χ0n) is 27.5. The van der Waals surface area contributed by atoms with Gasteiger partial charge in [0.05, 0.1) is 24.1 Å². The Kier molecular flexibility index (Phi) is 14.8. The molecule has 0 bridgehead atoms. The zero-order chi connectivity index (χ0) is 33.6. The van der Waals surface area contributed by atoms with Crippen LogP contribution in [-0.2, 0) is 29.1 Å². The van der Waals surface area contributed by atoms with Crippen LogP contribution >= 0.6 is 0 Å². The van der Waals surface area contributed by atoms with Crippen LogP contribution in [0.3, 0.4) is 0 Å². The Balaban J connectivity index is 1.97. The minimum Gasteiger partial charge on any atom is -0.467 e. The van der Waals surface area contributed by atoms with Crippen LogP contribution in [-0.4, -0.2) is 39.4 Å². The second-order valence-electron chi connectivity index (χ2n) is 11.4. The molecule has 0 fully saturated rings. The summed E-state index contributed by atoms with van der Waals surface area (Å²) in [5.41, 5.74) is 6.13. The van der Waals surface area contributed by atoms with E-state index < -0.39 is 40.3 Å². The van der Waals surface area contributed by atoms with Gasteiger partial charge in [-0.1, -0.05) is 53.1 Å². The highest BCUT2D eigenvalue weighted by Gasteiger charge is 2.25. The number of rotatable bonds is 16. The van der Waals surface area contributed by atoms with E-state index in [9.17, 15) is 22.8 Å². The number of esters is 1. The molecular formula is C35H47N3O6S. The summed E-state index contributed by atoms with van der Waals surface area (Å²) in [6, 6.07) is 9.90. The van der Waals surface area contributed by atoms with Crippen molar-refractivity contribution in [2.45, 2.75) is 91.0 Å². The number of carbonyl (C=O) groups is 3. The van der Waals surface area contributed by atoms with Crippen LogP contribution in [0, 0.1) is 13.8 Å². The summed E-state index contributed by atoms with van der Waals surface area (Å²) in [5, 5.41) is 5.19. The number of hydrogen-bond donors (Lipinski definition) is 3. The fraction of sp³-hybridized carbons (Fsp3) is 0.400. The van der Waals surface area contributed by atoms with Crippen molar-refractivity contribution in [1.82, 2.24) is 5.32 Å². The Hall–Kier alpha value is -4.18. The van der Waals surface area contributed by atoms with Crippen LogP contribution in [0.4, 0.5) is 11.4 Å². The maximum atomic E-state index is 13.0. The molecule has 9 nitrogen and oxygen atoms in total. The molecule has 0 aliphatic carbocycles. The van der Waals surface area contributed by atoms with Gasteiger partial charge in [0.1, 0.15) is 6.04 Å². The molecule has 0 saturated carbocycles. The predicted octanol–water partition coefficient (Wildman–Crippen LogP) is 6.90. The third-order valence-corrected chi connectivity index (χ3v) is 8.61. The van der Waals surface area contributed by atoms with Crippen molar-refractivity contribution in [3.63, 3.8) is 0 Å². The molecule has 2 aromatic rings. The standard InChI is InChI=1S/C35H47N3O6S/c1-24(2)12-8-13-25(3)14-9-15-26(4)20-21-33(39)37-32(35(41)44-7)23-34(40)36-29-17-11-18-30(22-29)45(42,43)38-31-19-10-16-27(5)28(31)6/h10-12,14,16-20,22,32,38H,8-9,13,15,21,23H2,1-7H3,(H,36,40)(H,37,39)/b25-14+,26-20+/t32-/m0/s1. The number of hydrogen-bond acceptors (Lipinski definition) is 6. The Morgan fingerprint density at radius 1 is 0.867 bits per heavy atom. The van der Waals surface area contributed by atoms with Crippen molar-refractivity contribution in [2.75, 3.05) is 17.1 Å². The van der Waals surface area contributed by atoms with E-state index in [1.54, 1.807) is 12.1 Å². The van der Waals surface area contributed by atoms with Gasteiger partial charge in [0.25, 0.3) is 10.0 Å². The highest BCUT2D eigenvalue weighted by molar-refractivity contribution is 7.92. The average molecular weight is 638 g/mol. The van der Waals surface area contributed by atoms with Gasteiger partial charge in [0, 0.05) is 12.1 Å². The lowest BCUT2D eigenvalue weighted by molar-refractivity contribution is -0.146. The molecule has 0 aliphatic rings. The molecule has 0 saturated heterocycles. The van der Waals surface area contributed by atoms with Crippen molar-refractivity contribution in [3.8, 4) is 0 Å². The van der Waals surface area contributed by atoms with Gasteiger partial charge in [-0.05, 0) is 103 Å². The maximum Gasteiger partial charge on any atom is 0.328 e. The Bertz CT molecular complexity index is 1550. The minimum atomic E-state index is -3.94. The van der Waals surface area contributed by atoms with Crippen molar-refractivity contribution >= 4 is 39.2 Å². The Labute approximate surface area is 268 Å². The quantitative estimate of drug-likeness (QED) is 0.136. The normalized spacial score (nSPS) is 12.6. The minimum absolute atomic E-state index is 0.0458. The Morgan fingerprint density at radius 2 is 1.51 bits per heavy atom. The second-order valence-corrected chi connectivity index (χ2v) is 13.1. The lowest BCUT2D eigenvalue weighted by Crippen LogP contribution is -2.43. The summed E-state index contributed by atoms with van der Waals surface area (Å²) in [4.78, 5) is 37.8. The van der Waals surface area contributed by atoms with Gasteiger partial charge in [-0.2, -0.15) is 0 Å². The summed E-state index contributed by atoms with van der Waals surface area (Å²) in [6.07, 6.45) is 9.65. The topological polar surface area (TPSA) is 131 Å². The molecule has 2 aromatic carbocycles. The van der Waals surface area contributed by atoms with Gasteiger partial charge in [-0.25, -0.2) is 13.2 Å². The van der Waals surface area contributed by atoms with E-state index in [1.807, 2.05) is 32.9 Å². The first-order valence-electron chi connectivity index (χ1n) is 15.0. The summed E-state index contributed by atoms with van der Waals surface area (Å²) in [5.74, 6) is -1.78. The Morgan fingerprint density at radius 3 is 2.18 bits per heavy atom. The summed E-state index contributed by atoms with van der Waals surface area (Å²) >= 11 is 0. The van der Waals surface area contributed by atoms with E-state index in [0.29, 0.717) is 5.69 Å². The first-order chi connectivity index (χ1) is 21.2. The van der Waals surface area contributed by atoms with E-state index in [4.69, 9.17) is 4.74 Å². The third-order valence-electron chi connectivity index (χ3n) is 7.25. The van der Waals surface area contributed by atoms with Crippen LogP contribution in [0.5, 0.6) is 0 Å². The molecule has 0 aliphatic heterocycles. The van der Waals surface area contributed by atoms with E-state index in [1.165, 1.54) is 42.5 Å². The van der Waals surface area contributed by atoms with Gasteiger partial charge >= 0.3 is 5.97 Å². The SMILES string of the molecule is COC(=O)[C@H](CC(=O)Nc1cccc(S(=O)(=O)Nc2cccc(C)c2C)c1)NC(=O)C/C=C(\C)CC/C=C(\C)CCC=C(C)C. The highest BCUT2D eigenvalue weighted by Crippen LogP contribution is 2.23. The van der Waals surface area contributed by atoms with Gasteiger partial charge in [0.2, 0.25) is 11.8 Å². The molecule has 0 heterocycles. The lowest BCUT2D eigenvalue weighted by Gasteiger charge is -2.16. The number of methoxy groups -OCH3 is 1. The van der Waals surface area contributed by atoms with Crippen LogP contribution in [0.2, 0.25) is 0 Å². The largest absolute Gasteiger partial charge is 0.467 e. The third kappa shape index (κ3) is 13.1. The van der Waals surface area contributed by atoms with E-state index in [2.05, 4.69) is 48.3 Å². The number of benzene rings is 2. The van der Waals surface area contributed by atoms with Gasteiger partial charge in [-0.3, -0.25) is 14.3 Å². The number of nitrogens with one attached hydrogen (secondary N) is 3. The average Bonchev–Trinajstić information content (AvgIpc) is 2.97. The van der Waals surface area contributed by atoms with Crippen molar-refractivity contribution < 1.29 is 27.5 Å². The van der Waals surface area contributed by atoms with Gasteiger partial charge < -0.3 is 15.4 Å². The van der Waals surface area contributed by atoms with Crippen molar-refractivity contribution in [1.29, 1.82) is 0 Å². The molecule has 0 aromatic heterocycles. The molecule has 10 heteroatoms. The molecule has 244 valence electrons. The van der Waals surface area contributed by atoms with E-state index in [0.717, 1.165) is 42.4 Å². The fourth-order valence-electron chi connectivity index (χ4n) is 4.40. The molecular weight excluding hydrogens is 590 g/mol. The highest BCUT2D eigenvalue weighted by atomic mass is 32.2. The predicted molar refractivity (Wildman–Crippen MR) is 180 cm³/mol. The molecule has 0 radical (unpaired) electrons. The van der Waals surface area contributed by atoms with Crippen LogP contribution in [0.1, 0.15) is 77.3 Å². The fourth-order valence-corrected chi connectivity index (χ4v) is 5.57.